The Labute approximate surface area is 102 Å². The van der Waals surface area contributed by atoms with Crippen LogP contribution in [-0.4, -0.2) is 19.8 Å². The van der Waals surface area contributed by atoms with Gasteiger partial charge in [-0.2, -0.15) is 0 Å². The Bertz CT molecular complexity index is 374. The number of ether oxygens (including phenoxy) is 1. The number of rotatable bonds is 4. The molecule has 1 fully saturated rings. The van der Waals surface area contributed by atoms with Gasteiger partial charge in [0, 0.05) is 18.6 Å². The molecule has 0 saturated carbocycles. The molecular formula is C14H20FNO. The second-order valence-electron chi connectivity index (χ2n) is 4.66. The molecule has 2 rings (SSSR count). The Hall–Kier alpha value is -0.930. The number of halogens is 1. The van der Waals surface area contributed by atoms with E-state index in [0.717, 1.165) is 31.7 Å². The van der Waals surface area contributed by atoms with E-state index in [1.807, 2.05) is 13.0 Å². The first kappa shape index (κ1) is 12.5. The molecule has 2 nitrogen and oxygen atoms in total. The summed E-state index contributed by atoms with van der Waals surface area (Å²) in [6.45, 7) is 6.62. The molecule has 1 N–H and O–H groups in total. The first-order chi connectivity index (χ1) is 8.22. The Morgan fingerprint density at radius 1 is 1.53 bits per heavy atom. The molecule has 17 heavy (non-hydrogen) atoms. The van der Waals surface area contributed by atoms with Crippen molar-refractivity contribution in [2.24, 2.45) is 5.92 Å². The Morgan fingerprint density at radius 3 is 2.94 bits per heavy atom. The van der Waals surface area contributed by atoms with Crippen molar-refractivity contribution in [1.29, 1.82) is 0 Å². The standard InChI is InChI=1S/C14H20FNO/c1-3-16-14(11-6-7-17-9-11)13-5-4-12(15)8-10(13)2/h4-5,8,11,14,16H,3,6-7,9H2,1-2H3. The SMILES string of the molecule is CCNC(c1ccc(F)cc1C)C1CCOC1. The predicted molar refractivity (Wildman–Crippen MR) is 66.5 cm³/mol. The molecule has 0 amide bonds. The van der Waals surface area contributed by atoms with Gasteiger partial charge in [0.15, 0.2) is 0 Å². The minimum Gasteiger partial charge on any atom is -0.381 e. The maximum absolute atomic E-state index is 13.1. The van der Waals surface area contributed by atoms with Crippen LogP contribution in [0.5, 0.6) is 0 Å². The molecule has 0 spiro atoms. The molecule has 1 aliphatic heterocycles. The molecule has 2 unspecified atom stereocenters. The average molecular weight is 237 g/mol. The van der Waals surface area contributed by atoms with E-state index < -0.39 is 0 Å². The zero-order valence-corrected chi connectivity index (χ0v) is 10.5. The van der Waals surface area contributed by atoms with E-state index in [-0.39, 0.29) is 11.9 Å². The van der Waals surface area contributed by atoms with E-state index in [2.05, 4.69) is 12.2 Å². The molecule has 0 bridgehead atoms. The zero-order valence-electron chi connectivity index (χ0n) is 10.5. The van der Waals surface area contributed by atoms with Crippen molar-refractivity contribution in [2.75, 3.05) is 19.8 Å². The molecule has 2 atom stereocenters. The van der Waals surface area contributed by atoms with Gasteiger partial charge in [-0.25, -0.2) is 4.39 Å². The second-order valence-corrected chi connectivity index (χ2v) is 4.66. The van der Waals surface area contributed by atoms with Gasteiger partial charge in [0.05, 0.1) is 6.61 Å². The zero-order chi connectivity index (χ0) is 12.3. The number of nitrogens with one attached hydrogen (secondary N) is 1. The fraction of sp³-hybridized carbons (Fsp3) is 0.571. The van der Waals surface area contributed by atoms with Crippen LogP contribution in [0.15, 0.2) is 18.2 Å². The molecule has 3 heteroatoms. The molecule has 94 valence electrons. The summed E-state index contributed by atoms with van der Waals surface area (Å²) in [5.41, 5.74) is 2.21. The normalized spacial score (nSPS) is 21.7. The lowest BCUT2D eigenvalue weighted by atomic mass is 9.89. The van der Waals surface area contributed by atoms with E-state index in [1.165, 1.54) is 5.56 Å². The fourth-order valence-electron chi connectivity index (χ4n) is 2.55. The van der Waals surface area contributed by atoms with Crippen LogP contribution < -0.4 is 5.32 Å². The first-order valence-corrected chi connectivity index (χ1v) is 6.29. The monoisotopic (exact) mass is 237 g/mol. The van der Waals surface area contributed by atoms with Gasteiger partial charge in [0.2, 0.25) is 0 Å². The summed E-state index contributed by atoms with van der Waals surface area (Å²) in [7, 11) is 0. The summed E-state index contributed by atoms with van der Waals surface area (Å²) in [6.07, 6.45) is 1.08. The minimum atomic E-state index is -0.163. The highest BCUT2D eigenvalue weighted by molar-refractivity contribution is 5.30. The molecule has 1 saturated heterocycles. The summed E-state index contributed by atoms with van der Waals surface area (Å²) in [5.74, 6) is 0.336. The minimum absolute atomic E-state index is 0.163. The van der Waals surface area contributed by atoms with E-state index in [4.69, 9.17) is 4.74 Å². The van der Waals surface area contributed by atoms with Crippen LogP contribution in [0.4, 0.5) is 4.39 Å². The number of benzene rings is 1. The van der Waals surface area contributed by atoms with Crippen molar-refractivity contribution in [3.05, 3.63) is 35.1 Å². The van der Waals surface area contributed by atoms with Crippen molar-refractivity contribution in [3.63, 3.8) is 0 Å². The topological polar surface area (TPSA) is 21.3 Å². The highest BCUT2D eigenvalue weighted by Crippen LogP contribution is 2.30. The molecule has 1 aromatic rings. The lowest BCUT2D eigenvalue weighted by Gasteiger charge is -2.25. The van der Waals surface area contributed by atoms with Crippen LogP contribution >= 0.6 is 0 Å². The summed E-state index contributed by atoms with van der Waals surface area (Å²) in [5, 5.41) is 3.50. The van der Waals surface area contributed by atoms with Crippen LogP contribution in [0.2, 0.25) is 0 Å². The largest absolute Gasteiger partial charge is 0.381 e. The van der Waals surface area contributed by atoms with Crippen LogP contribution in [-0.2, 0) is 4.74 Å². The van der Waals surface area contributed by atoms with Crippen molar-refractivity contribution in [3.8, 4) is 0 Å². The molecule has 1 aromatic carbocycles. The molecule has 0 radical (unpaired) electrons. The van der Waals surface area contributed by atoms with E-state index in [9.17, 15) is 4.39 Å². The molecular weight excluding hydrogens is 217 g/mol. The van der Waals surface area contributed by atoms with Crippen molar-refractivity contribution < 1.29 is 9.13 Å². The summed E-state index contributed by atoms with van der Waals surface area (Å²) in [6, 6.07) is 5.33. The van der Waals surface area contributed by atoms with Gasteiger partial charge in [-0.05, 0) is 43.1 Å². The quantitative estimate of drug-likeness (QED) is 0.869. The van der Waals surface area contributed by atoms with Crippen molar-refractivity contribution in [1.82, 2.24) is 5.32 Å². The Balaban J connectivity index is 2.24. The fourth-order valence-corrected chi connectivity index (χ4v) is 2.55. The Morgan fingerprint density at radius 2 is 2.35 bits per heavy atom. The van der Waals surface area contributed by atoms with Gasteiger partial charge in [0.1, 0.15) is 5.82 Å². The molecule has 1 aliphatic rings. The third-order valence-electron chi connectivity index (χ3n) is 3.43. The van der Waals surface area contributed by atoms with Gasteiger partial charge in [-0.3, -0.25) is 0 Å². The van der Waals surface area contributed by atoms with E-state index >= 15 is 0 Å². The van der Waals surface area contributed by atoms with Gasteiger partial charge < -0.3 is 10.1 Å². The van der Waals surface area contributed by atoms with Gasteiger partial charge in [-0.1, -0.05) is 13.0 Å². The molecule has 1 heterocycles. The maximum Gasteiger partial charge on any atom is 0.123 e. The van der Waals surface area contributed by atoms with Crippen LogP contribution in [0.25, 0.3) is 0 Å². The van der Waals surface area contributed by atoms with Crippen LogP contribution in [0.1, 0.15) is 30.5 Å². The summed E-state index contributed by atoms with van der Waals surface area (Å²) < 4.78 is 18.6. The van der Waals surface area contributed by atoms with Gasteiger partial charge in [-0.15, -0.1) is 0 Å². The summed E-state index contributed by atoms with van der Waals surface area (Å²) in [4.78, 5) is 0. The van der Waals surface area contributed by atoms with Gasteiger partial charge >= 0.3 is 0 Å². The number of aryl methyl sites for hydroxylation is 1. The lowest BCUT2D eigenvalue weighted by molar-refractivity contribution is 0.177. The molecule has 0 aromatic heterocycles. The second kappa shape index (κ2) is 5.61. The average Bonchev–Trinajstić information content (AvgIpc) is 2.80. The highest BCUT2D eigenvalue weighted by atomic mass is 19.1. The van der Waals surface area contributed by atoms with Crippen molar-refractivity contribution in [2.45, 2.75) is 26.3 Å². The summed E-state index contributed by atoms with van der Waals surface area (Å²) >= 11 is 0. The van der Waals surface area contributed by atoms with Crippen molar-refractivity contribution >= 4 is 0 Å². The number of hydrogen-bond donors (Lipinski definition) is 1. The maximum atomic E-state index is 13.1. The molecule has 0 aliphatic carbocycles. The van der Waals surface area contributed by atoms with E-state index in [1.54, 1.807) is 12.1 Å². The smallest absolute Gasteiger partial charge is 0.123 e. The first-order valence-electron chi connectivity index (χ1n) is 6.29. The lowest BCUT2D eigenvalue weighted by Crippen LogP contribution is -2.29. The van der Waals surface area contributed by atoms with Gasteiger partial charge in [0.25, 0.3) is 0 Å². The third-order valence-corrected chi connectivity index (χ3v) is 3.43. The Kier molecular flexibility index (Phi) is 4.13. The third kappa shape index (κ3) is 2.85. The highest BCUT2D eigenvalue weighted by Gasteiger charge is 2.27. The number of hydrogen-bond acceptors (Lipinski definition) is 2. The van der Waals surface area contributed by atoms with Crippen LogP contribution in [0.3, 0.4) is 0 Å². The predicted octanol–water partition coefficient (Wildman–Crippen LogP) is 2.82. The van der Waals surface area contributed by atoms with E-state index in [0.29, 0.717) is 5.92 Å². The van der Waals surface area contributed by atoms with Crippen LogP contribution in [0, 0.1) is 18.7 Å².